The molecule has 0 aliphatic heterocycles. The van der Waals surface area contributed by atoms with Crippen LogP contribution in [0.3, 0.4) is 0 Å². The molecule has 0 N–H and O–H groups in total. The fraction of sp³-hybridized carbons (Fsp3) is 0.182. The Labute approximate surface area is 134 Å². The van der Waals surface area contributed by atoms with Crippen molar-refractivity contribution in [3.05, 3.63) is 90.5 Å². The van der Waals surface area contributed by atoms with Crippen LogP contribution in [0.4, 0.5) is 0 Å². The van der Waals surface area contributed by atoms with E-state index in [9.17, 15) is 0 Å². The van der Waals surface area contributed by atoms with Gasteiger partial charge < -0.3 is 0 Å². The summed E-state index contributed by atoms with van der Waals surface area (Å²) in [5, 5.41) is 0. The van der Waals surface area contributed by atoms with Gasteiger partial charge in [-0.15, -0.1) is 0 Å². The highest BCUT2D eigenvalue weighted by molar-refractivity contribution is 5.77. The summed E-state index contributed by atoms with van der Waals surface area (Å²) < 4.78 is 0. The Morgan fingerprint density at radius 3 is 1.95 bits per heavy atom. The molecule has 0 spiro atoms. The molecular formula is C22H24. The van der Waals surface area contributed by atoms with Crippen LogP contribution in [-0.2, 0) is 0 Å². The van der Waals surface area contributed by atoms with Crippen LogP contribution in [0.15, 0.2) is 79.4 Å². The summed E-state index contributed by atoms with van der Waals surface area (Å²) in [6, 6.07) is 17.4. The molecule has 0 bridgehead atoms. The van der Waals surface area contributed by atoms with E-state index in [4.69, 9.17) is 0 Å². The van der Waals surface area contributed by atoms with Crippen molar-refractivity contribution < 1.29 is 0 Å². The topological polar surface area (TPSA) is 0 Å². The number of rotatable bonds is 5. The van der Waals surface area contributed by atoms with Crippen molar-refractivity contribution in [2.24, 2.45) is 5.92 Å². The largest absolute Gasteiger partial charge is 0.0990 e. The number of allylic oxidation sites excluding steroid dienone is 5. The van der Waals surface area contributed by atoms with E-state index < -0.39 is 0 Å². The van der Waals surface area contributed by atoms with Crippen LogP contribution in [0, 0.1) is 12.8 Å². The summed E-state index contributed by atoms with van der Waals surface area (Å²) in [5.74, 6) is 0.542. The summed E-state index contributed by atoms with van der Waals surface area (Å²) in [6.45, 7) is 10.3. The van der Waals surface area contributed by atoms with Gasteiger partial charge >= 0.3 is 0 Å². The zero-order valence-electron chi connectivity index (χ0n) is 13.7. The van der Waals surface area contributed by atoms with Crippen LogP contribution in [-0.4, -0.2) is 0 Å². The van der Waals surface area contributed by atoms with Crippen LogP contribution in [0.5, 0.6) is 0 Å². The van der Waals surface area contributed by atoms with Gasteiger partial charge in [0.05, 0.1) is 0 Å². The third kappa shape index (κ3) is 4.33. The van der Waals surface area contributed by atoms with E-state index in [0.29, 0.717) is 5.92 Å². The minimum atomic E-state index is 0.542. The maximum Gasteiger partial charge on any atom is -0.0184 e. The van der Waals surface area contributed by atoms with Crippen LogP contribution in [0.25, 0.3) is 16.7 Å². The first-order valence-electron chi connectivity index (χ1n) is 7.78. The molecular weight excluding hydrogens is 264 g/mol. The van der Waals surface area contributed by atoms with Gasteiger partial charge in [0.15, 0.2) is 0 Å². The van der Waals surface area contributed by atoms with Crippen LogP contribution in [0.1, 0.15) is 25.0 Å². The minimum absolute atomic E-state index is 0.542. The van der Waals surface area contributed by atoms with E-state index in [1.807, 2.05) is 6.08 Å². The van der Waals surface area contributed by atoms with Crippen LogP contribution < -0.4 is 0 Å². The van der Waals surface area contributed by atoms with E-state index in [0.717, 1.165) is 0 Å². The lowest BCUT2D eigenvalue weighted by Gasteiger charge is -2.06. The first-order chi connectivity index (χ1) is 10.6. The summed E-state index contributed by atoms with van der Waals surface area (Å²) in [6.07, 6.45) is 8.28. The smallest absolute Gasteiger partial charge is 0.0184 e. The molecule has 0 saturated heterocycles. The molecule has 0 radical (unpaired) electrons. The maximum atomic E-state index is 3.82. The van der Waals surface area contributed by atoms with Crippen LogP contribution >= 0.6 is 0 Å². The zero-order valence-corrected chi connectivity index (χ0v) is 13.7. The summed E-state index contributed by atoms with van der Waals surface area (Å²) in [7, 11) is 0. The van der Waals surface area contributed by atoms with E-state index in [-0.39, 0.29) is 0 Å². The zero-order chi connectivity index (χ0) is 15.9. The molecule has 0 heterocycles. The van der Waals surface area contributed by atoms with Crippen molar-refractivity contribution in [3.63, 3.8) is 0 Å². The third-order valence-corrected chi connectivity index (χ3v) is 3.56. The first kappa shape index (κ1) is 16.0. The Balaban J connectivity index is 2.28. The number of benzene rings is 2. The lowest BCUT2D eigenvalue weighted by Crippen LogP contribution is -1.85. The first-order valence-corrected chi connectivity index (χ1v) is 7.78. The molecule has 0 heteroatoms. The van der Waals surface area contributed by atoms with Gasteiger partial charge in [-0.3, -0.25) is 0 Å². The SMILES string of the molecule is C=C/C=C(\C=C/C(C)C)c1ccc(-c2ccc(C)cc2)cc1. The normalized spacial score (nSPS) is 12.1. The van der Waals surface area contributed by atoms with Crippen molar-refractivity contribution in [1.29, 1.82) is 0 Å². The molecule has 0 atom stereocenters. The van der Waals surface area contributed by atoms with Gasteiger partial charge in [0, 0.05) is 0 Å². The minimum Gasteiger partial charge on any atom is -0.0990 e. The second kappa shape index (κ2) is 7.61. The molecule has 0 aromatic heterocycles. The average Bonchev–Trinajstić information content (AvgIpc) is 2.52. The van der Waals surface area contributed by atoms with Crippen molar-refractivity contribution in [2.45, 2.75) is 20.8 Å². The molecule has 2 rings (SSSR count). The Bertz CT molecular complexity index is 665. The van der Waals surface area contributed by atoms with E-state index in [2.05, 4.69) is 94.1 Å². The fourth-order valence-electron chi connectivity index (χ4n) is 2.27. The summed E-state index contributed by atoms with van der Waals surface area (Å²) in [5.41, 5.74) is 6.20. The van der Waals surface area contributed by atoms with Crippen molar-refractivity contribution >= 4 is 5.57 Å². The van der Waals surface area contributed by atoms with Gasteiger partial charge in [-0.25, -0.2) is 0 Å². The predicted molar refractivity (Wildman–Crippen MR) is 98.8 cm³/mol. The molecule has 0 saturated carbocycles. The van der Waals surface area contributed by atoms with Gasteiger partial charge in [0.25, 0.3) is 0 Å². The Morgan fingerprint density at radius 1 is 0.909 bits per heavy atom. The molecule has 0 amide bonds. The fourth-order valence-corrected chi connectivity index (χ4v) is 2.27. The van der Waals surface area contributed by atoms with E-state index in [1.54, 1.807) is 0 Å². The summed E-state index contributed by atoms with van der Waals surface area (Å²) >= 11 is 0. The molecule has 0 aliphatic carbocycles. The average molecular weight is 288 g/mol. The molecule has 0 fully saturated rings. The predicted octanol–water partition coefficient (Wildman–Crippen LogP) is 6.44. The highest BCUT2D eigenvalue weighted by atomic mass is 14.1. The molecule has 2 aromatic carbocycles. The standard InChI is InChI=1S/C22H24/c1-5-6-19(10-7-17(2)3)21-13-15-22(16-14-21)20-11-8-18(4)9-12-20/h5-17H,1H2,2-4H3/b10-7-,19-6+. The molecule has 112 valence electrons. The number of hydrogen-bond acceptors (Lipinski definition) is 0. The van der Waals surface area contributed by atoms with Crippen molar-refractivity contribution in [1.82, 2.24) is 0 Å². The molecule has 22 heavy (non-hydrogen) atoms. The Morgan fingerprint density at radius 2 is 1.45 bits per heavy atom. The van der Waals surface area contributed by atoms with Gasteiger partial charge in [-0.2, -0.15) is 0 Å². The van der Waals surface area contributed by atoms with Crippen LogP contribution in [0.2, 0.25) is 0 Å². The van der Waals surface area contributed by atoms with Gasteiger partial charge in [-0.1, -0.05) is 98.8 Å². The second-order valence-corrected chi connectivity index (χ2v) is 5.90. The molecule has 0 aliphatic rings. The number of aryl methyl sites for hydroxylation is 1. The highest BCUT2D eigenvalue weighted by Crippen LogP contribution is 2.24. The van der Waals surface area contributed by atoms with Gasteiger partial charge in [0.2, 0.25) is 0 Å². The second-order valence-electron chi connectivity index (χ2n) is 5.90. The molecule has 0 nitrogen and oxygen atoms in total. The molecule has 0 unspecified atom stereocenters. The third-order valence-electron chi connectivity index (χ3n) is 3.56. The van der Waals surface area contributed by atoms with Crippen molar-refractivity contribution in [3.8, 4) is 11.1 Å². The summed E-state index contributed by atoms with van der Waals surface area (Å²) in [4.78, 5) is 0. The quantitative estimate of drug-likeness (QED) is 0.555. The molecule has 2 aromatic rings. The van der Waals surface area contributed by atoms with E-state index >= 15 is 0 Å². The Kier molecular flexibility index (Phi) is 5.55. The van der Waals surface area contributed by atoms with Crippen molar-refractivity contribution in [2.75, 3.05) is 0 Å². The van der Waals surface area contributed by atoms with E-state index in [1.165, 1.54) is 27.8 Å². The Hall–Kier alpha value is -2.34. The van der Waals surface area contributed by atoms with Gasteiger partial charge in [-0.05, 0) is 35.1 Å². The monoisotopic (exact) mass is 288 g/mol. The lowest BCUT2D eigenvalue weighted by molar-refractivity contribution is 0.832. The highest BCUT2D eigenvalue weighted by Gasteiger charge is 2.01. The number of hydrogen-bond donors (Lipinski definition) is 0. The maximum absolute atomic E-state index is 3.82. The lowest BCUT2D eigenvalue weighted by atomic mass is 9.98. The van der Waals surface area contributed by atoms with Gasteiger partial charge in [0.1, 0.15) is 0 Å².